The molecule has 0 saturated carbocycles. The summed E-state index contributed by atoms with van der Waals surface area (Å²) < 4.78 is 0. The molecule has 18 heavy (non-hydrogen) atoms. The van der Waals surface area contributed by atoms with Crippen molar-refractivity contribution in [3.05, 3.63) is 11.6 Å². The van der Waals surface area contributed by atoms with Crippen molar-refractivity contribution in [1.29, 1.82) is 0 Å². The zero-order chi connectivity index (χ0) is 12.6. The molecule has 0 atom stereocenters. The molecule has 2 aliphatic rings. The summed E-state index contributed by atoms with van der Waals surface area (Å²) >= 11 is 0. The Bertz CT molecular complexity index is 248. The Morgan fingerprint density at radius 2 is 1.39 bits per heavy atom. The molecule has 2 rings (SSSR count). The molecule has 2 saturated heterocycles. The lowest BCUT2D eigenvalue weighted by atomic mass is 10.1. The molecule has 0 aromatic carbocycles. The first kappa shape index (κ1) is 14.1. The number of piperidine rings is 2. The van der Waals surface area contributed by atoms with Crippen molar-refractivity contribution in [3.63, 3.8) is 0 Å². The molecule has 0 N–H and O–H groups in total. The van der Waals surface area contributed by atoms with Crippen LogP contribution in [0.4, 0.5) is 0 Å². The van der Waals surface area contributed by atoms with Crippen LogP contribution in [-0.4, -0.2) is 49.1 Å². The summed E-state index contributed by atoms with van der Waals surface area (Å²) in [6.07, 6.45) is 12.2. The van der Waals surface area contributed by atoms with Crippen LogP contribution in [0.5, 0.6) is 0 Å². The van der Waals surface area contributed by atoms with Crippen LogP contribution < -0.4 is 0 Å². The Labute approximate surface area is 113 Å². The summed E-state index contributed by atoms with van der Waals surface area (Å²) in [7, 11) is 0. The van der Waals surface area contributed by atoms with Gasteiger partial charge in [0.25, 0.3) is 0 Å². The first-order valence-corrected chi connectivity index (χ1v) is 7.97. The SMILES string of the molecule is C/C=C(/CCN1CCCCC1)CN1CCCCC1. The van der Waals surface area contributed by atoms with Crippen molar-refractivity contribution < 1.29 is 0 Å². The monoisotopic (exact) mass is 250 g/mol. The Morgan fingerprint density at radius 3 is 1.94 bits per heavy atom. The standard InChI is InChI=1S/C16H30N2/c1-2-16(15-18-12-7-4-8-13-18)9-14-17-10-5-3-6-11-17/h2H,3-15H2,1H3/b16-2-. The van der Waals surface area contributed by atoms with E-state index in [1.165, 1.54) is 84.2 Å². The third kappa shape index (κ3) is 4.74. The van der Waals surface area contributed by atoms with Gasteiger partial charge >= 0.3 is 0 Å². The first-order valence-electron chi connectivity index (χ1n) is 7.97. The Kier molecular flexibility index (Phi) is 6.22. The average molecular weight is 250 g/mol. The van der Waals surface area contributed by atoms with Crippen molar-refractivity contribution >= 4 is 0 Å². The lowest BCUT2D eigenvalue weighted by molar-refractivity contribution is 0.221. The van der Waals surface area contributed by atoms with Gasteiger partial charge in [0.2, 0.25) is 0 Å². The summed E-state index contributed by atoms with van der Waals surface area (Å²) in [6, 6.07) is 0. The molecule has 104 valence electrons. The van der Waals surface area contributed by atoms with Crippen LogP contribution in [0.1, 0.15) is 51.9 Å². The minimum Gasteiger partial charge on any atom is -0.303 e. The molecule has 2 fully saturated rings. The molecule has 0 aromatic rings. The van der Waals surface area contributed by atoms with Gasteiger partial charge in [0.15, 0.2) is 0 Å². The van der Waals surface area contributed by atoms with Gasteiger partial charge in [-0.3, -0.25) is 4.90 Å². The van der Waals surface area contributed by atoms with E-state index in [0.717, 1.165) is 0 Å². The third-order valence-electron chi connectivity index (χ3n) is 4.48. The van der Waals surface area contributed by atoms with E-state index in [2.05, 4.69) is 22.8 Å². The highest BCUT2D eigenvalue weighted by Crippen LogP contribution is 2.14. The zero-order valence-corrected chi connectivity index (χ0v) is 12.2. The molecule has 0 aliphatic carbocycles. The van der Waals surface area contributed by atoms with E-state index in [9.17, 15) is 0 Å². The van der Waals surface area contributed by atoms with Gasteiger partial charge in [-0.05, 0) is 65.2 Å². The zero-order valence-electron chi connectivity index (χ0n) is 12.2. The van der Waals surface area contributed by atoms with E-state index in [0.29, 0.717) is 0 Å². The first-order chi connectivity index (χ1) is 8.88. The largest absolute Gasteiger partial charge is 0.303 e. The van der Waals surface area contributed by atoms with Gasteiger partial charge in [-0.2, -0.15) is 0 Å². The van der Waals surface area contributed by atoms with Crippen molar-refractivity contribution in [3.8, 4) is 0 Å². The average Bonchev–Trinajstić information content (AvgIpc) is 2.45. The molecule has 0 spiro atoms. The van der Waals surface area contributed by atoms with Gasteiger partial charge in [0.1, 0.15) is 0 Å². The van der Waals surface area contributed by atoms with Crippen LogP contribution in [0.25, 0.3) is 0 Å². The quantitative estimate of drug-likeness (QED) is 0.691. The van der Waals surface area contributed by atoms with E-state index in [1.54, 1.807) is 5.57 Å². The lowest BCUT2D eigenvalue weighted by Gasteiger charge is -2.29. The van der Waals surface area contributed by atoms with Crippen LogP contribution in [0.2, 0.25) is 0 Å². The van der Waals surface area contributed by atoms with Gasteiger partial charge in [-0.15, -0.1) is 0 Å². The van der Waals surface area contributed by atoms with Gasteiger partial charge in [0, 0.05) is 13.1 Å². The predicted octanol–water partition coefficient (Wildman–Crippen LogP) is 3.29. The summed E-state index contributed by atoms with van der Waals surface area (Å²) in [4.78, 5) is 5.30. The maximum atomic E-state index is 2.66. The van der Waals surface area contributed by atoms with Crippen LogP contribution in [0, 0.1) is 0 Å². The number of hydrogen-bond donors (Lipinski definition) is 0. The highest BCUT2D eigenvalue weighted by molar-refractivity contribution is 5.04. The number of hydrogen-bond acceptors (Lipinski definition) is 2. The van der Waals surface area contributed by atoms with Crippen molar-refractivity contribution in [2.24, 2.45) is 0 Å². The number of rotatable bonds is 5. The van der Waals surface area contributed by atoms with Gasteiger partial charge in [-0.1, -0.05) is 24.5 Å². The molecule has 0 radical (unpaired) electrons. The summed E-state index contributed by atoms with van der Waals surface area (Å²) in [6.45, 7) is 10.0. The normalized spacial score (nSPS) is 24.4. The van der Waals surface area contributed by atoms with Crippen molar-refractivity contribution in [1.82, 2.24) is 9.80 Å². The lowest BCUT2D eigenvalue weighted by Crippen LogP contribution is -2.34. The second-order valence-electron chi connectivity index (χ2n) is 5.94. The fourth-order valence-electron chi connectivity index (χ4n) is 3.20. The molecule has 2 nitrogen and oxygen atoms in total. The maximum Gasteiger partial charge on any atom is 0.0193 e. The van der Waals surface area contributed by atoms with E-state index in [1.807, 2.05) is 0 Å². The van der Waals surface area contributed by atoms with Gasteiger partial charge in [0.05, 0.1) is 0 Å². The molecule has 0 unspecified atom stereocenters. The molecular formula is C16H30N2. The minimum absolute atomic E-state index is 1.23. The third-order valence-corrected chi connectivity index (χ3v) is 4.48. The van der Waals surface area contributed by atoms with E-state index in [4.69, 9.17) is 0 Å². The Balaban J connectivity index is 1.68. The topological polar surface area (TPSA) is 6.48 Å². The Hall–Kier alpha value is -0.340. The van der Waals surface area contributed by atoms with E-state index >= 15 is 0 Å². The van der Waals surface area contributed by atoms with Gasteiger partial charge < -0.3 is 4.90 Å². The predicted molar refractivity (Wildman–Crippen MR) is 79.0 cm³/mol. The van der Waals surface area contributed by atoms with Crippen molar-refractivity contribution in [2.45, 2.75) is 51.9 Å². The molecule has 0 aromatic heterocycles. The fraction of sp³-hybridized carbons (Fsp3) is 0.875. The Morgan fingerprint density at radius 1 is 0.833 bits per heavy atom. The van der Waals surface area contributed by atoms with Crippen LogP contribution in [0.15, 0.2) is 11.6 Å². The molecular weight excluding hydrogens is 220 g/mol. The number of allylic oxidation sites excluding steroid dienone is 1. The van der Waals surface area contributed by atoms with Crippen LogP contribution >= 0.6 is 0 Å². The van der Waals surface area contributed by atoms with Crippen LogP contribution in [-0.2, 0) is 0 Å². The van der Waals surface area contributed by atoms with Crippen LogP contribution in [0.3, 0.4) is 0 Å². The summed E-state index contributed by atoms with van der Waals surface area (Å²) in [5, 5.41) is 0. The van der Waals surface area contributed by atoms with E-state index in [-0.39, 0.29) is 0 Å². The second kappa shape index (κ2) is 7.96. The summed E-state index contributed by atoms with van der Waals surface area (Å²) in [5.41, 5.74) is 1.66. The molecule has 0 bridgehead atoms. The number of nitrogens with zero attached hydrogens (tertiary/aromatic N) is 2. The maximum absolute atomic E-state index is 2.66. The van der Waals surface area contributed by atoms with E-state index < -0.39 is 0 Å². The molecule has 2 heteroatoms. The molecule has 2 heterocycles. The molecule has 2 aliphatic heterocycles. The number of likely N-dealkylation sites (tertiary alicyclic amines) is 2. The van der Waals surface area contributed by atoms with Crippen molar-refractivity contribution in [2.75, 3.05) is 39.3 Å². The highest BCUT2D eigenvalue weighted by atomic mass is 15.1. The highest BCUT2D eigenvalue weighted by Gasteiger charge is 2.13. The second-order valence-corrected chi connectivity index (χ2v) is 5.94. The summed E-state index contributed by atoms with van der Waals surface area (Å²) in [5.74, 6) is 0. The molecule has 0 amide bonds. The minimum atomic E-state index is 1.23. The smallest absolute Gasteiger partial charge is 0.0193 e. The fourth-order valence-corrected chi connectivity index (χ4v) is 3.20. The van der Waals surface area contributed by atoms with Gasteiger partial charge in [-0.25, -0.2) is 0 Å².